The standard InChI is InChI=1S/C13H17BrN2O3/c1-7(2)5-10(15)12(17)16-11-4-3-8(14)6-9(11)13(18)19/h3-4,6-7,10H,5,15H2,1-2H3,(H,16,17)(H,18,19)/t10-/m0/s1. The molecule has 0 aliphatic carbocycles. The zero-order valence-corrected chi connectivity index (χ0v) is 12.4. The van der Waals surface area contributed by atoms with Crippen LogP contribution in [0.4, 0.5) is 5.69 Å². The van der Waals surface area contributed by atoms with Crippen LogP contribution in [-0.4, -0.2) is 23.0 Å². The van der Waals surface area contributed by atoms with Crippen molar-refractivity contribution in [1.29, 1.82) is 0 Å². The van der Waals surface area contributed by atoms with Gasteiger partial charge in [-0.2, -0.15) is 0 Å². The Balaban J connectivity index is 2.87. The molecule has 0 aromatic heterocycles. The average molecular weight is 329 g/mol. The predicted molar refractivity (Wildman–Crippen MR) is 77.2 cm³/mol. The van der Waals surface area contributed by atoms with E-state index in [0.29, 0.717) is 16.8 Å². The van der Waals surface area contributed by atoms with Crippen molar-refractivity contribution >= 4 is 33.5 Å². The number of benzene rings is 1. The molecular weight excluding hydrogens is 312 g/mol. The van der Waals surface area contributed by atoms with Crippen molar-refractivity contribution in [2.75, 3.05) is 5.32 Å². The second-order valence-corrected chi connectivity index (χ2v) is 5.64. The van der Waals surface area contributed by atoms with Crippen LogP contribution in [0, 0.1) is 5.92 Å². The first-order chi connectivity index (χ1) is 8.81. The van der Waals surface area contributed by atoms with Crippen LogP contribution in [0.15, 0.2) is 22.7 Å². The molecule has 4 N–H and O–H groups in total. The number of rotatable bonds is 5. The van der Waals surface area contributed by atoms with Crippen LogP contribution in [0.2, 0.25) is 0 Å². The van der Waals surface area contributed by atoms with Crippen LogP contribution in [0.5, 0.6) is 0 Å². The van der Waals surface area contributed by atoms with Crippen LogP contribution in [0.25, 0.3) is 0 Å². The van der Waals surface area contributed by atoms with Gasteiger partial charge in [-0.25, -0.2) is 4.79 Å². The Bertz CT molecular complexity index is 489. The van der Waals surface area contributed by atoms with E-state index >= 15 is 0 Å². The van der Waals surface area contributed by atoms with Gasteiger partial charge in [0.25, 0.3) is 0 Å². The van der Waals surface area contributed by atoms with Gasteiger partial charge in [-0.3, -0.25) is 4.79 Å². The van der Waals surface area contributed by atoms with Crippen LogP contribution in [0.1, 0.15) is 30.6 Å². The molecule has 0 aliphatic rings. The van der Waals surface area contributed by atoms with Gasteiger partial charge in [0.05, 0.1) is 17.3 Å². The van der Waals surface area contributed by atoms with Gasteiger partial charge in [-0.15, -0.1) is 0 Å². The van der Waals surface area contributed by atoms with E-state index < -0.39 is 12.0 Å². The first-order valence-corrected chi connectivity index (χ1v) is 6.70. The zero-order valence-electron chi connectivity index (χ0n) is 10.8. The Morgan fingerprint density at radius 1 is 1.42 bits per heavy atom. The van der Waals surface area contributed by atoms with Crippen molar-refractivity contribution in [1.82, 2.24) is 0 Å². The fourth-order valence-electron chi connectivity index (χ4n) is 1.64. The second kappa shape index (κ2) is 6.68. The minimum atomic E-state index is -1.10. The highest BCUT2D eigenvalue weighted by Gasteiger charge is 2.18. The Hall–Kier alpha value is -1.40. The summed E-state index contributed by atoms with van der Waals surface area (Å²) in [7, 11) is 0. The van der Waals surface area contributed by atoms with Crippen molar-refractivity contribution in [3.05, 3.63) is 28.2 Å². The molecule has 0 radical (unpaired) electrons. The lowest BCUT2D eigenvalue weighted by atomic mass is 10.0. The molecular formula is C13H17BrN2O3. The molecule has 104 valence electrons. The number of nitrogens with two attached hydrogens (primary N) is 1. The molecule has 1 rings (SSSR count). The number of carboxylic acids is 1. The van der Waals surface area contributed by atoms with Crippen LogP contribution >= 0.6 is 15.9 Å². The number of carbonyl (C=O) groups excluding carboxylic acids is 1. The van der Waals surface area contributed by atoms with Crippen molar-refractivity contribution in [3.8, 4) is 0 Å². The van der Waals surface area contributed by atoms with E-state index in [4.69, 9.17) is 10.8 Å². The van der Waals surface area contributed by atoms with E-state index in [0.717, 1.165) is 0 Å². The third-order valence-electron chi connectivity index (χ3n) is 2.53. The molecule has 1 aromatic carbocycles. The normalized spacial score (nSPS) is 12.3. The molecule has 19 heavy (non-hydrogen) atoms. The summed E-state index contributed by atoms with van der Waals surface area (Å²) in [5.41, 5.74) is 6.03. The lowest BCUT2D eigenvalue weighted by Gasteiger charge is -2.15. The summed E-state index contributed by atoms with van der Waals surface area (Å²) < 4.78 is 0.634. The maximum Gasteiger partial charge on any atom is 0.337 e. The summed E-state index contributed by atoms with van der Waals surface area (Å²) in [6.07, 6.45) is 0.546. The molecule has 6 heteroatoms. The summed E-state index contributed by atoms with van der Waals surface area (Å²) in [4.78, 5) is 23.0. The van der Waals surface area contributed by atoms with E-state index in [9.17, 15) is 9.59 Å². The summed E-state index contributed by atoms with van der Waals surface area (Å²) in [6.45, 7) is 3.94. The summed E-state index contributed by atoms with van der Waals surface area (Å²) in [6, 6.07) is 3.99. The topological polar surface area (TPSA) is 92.4 Å². The number of anilines is 1. The minimum absolute atomic E-state index is 0.0273. The Kier molecular flexibility index (Phi) is 5.50. The lowest BCUT2D eigenvalue weighted by Crippen LogP contribution is -2.37. The summed E-state index contributed by atoms with van der Waals surface area (Å²) in [5.74, 6) is -1.18. The molecule has 0 saturated carbocycles. The highest BCUT2D eigenvalue weighted by molar-refractivity contribution is 9.10. The number of carbonyl (C=O) groups is 2. The third kappa shape index (κ3) is 4.65. The van der Waals surface area contributed by atoms with Gasteiger partial charge >= 0.3 is 5.97 Å². The van der Waals surface area contributed by atoms with E-state index in [1.807, 2.05) is 13.8 Å². The fraction of sp³-hybridized carbons (Fsp3) is 0.385. The molecule has 0 unspecified atom stereocenters. The monoisotopic (exact) mass is 328 g/mol. The molecule has 1 atom stereocenters. The van der Waals surface area contributed by atoms with E-state index in [1.165, 1.54) is 12.1 Å². The number of nitrogens with one attached hydrogen (secondary N) is 1. The molecule has 0 fully saturated rings. The molecule has 1 aromatic rings. The van der Waals surface area contributed by atoms with Gasteiger partial charge in [0, 0.05) is 4.47 Å². The number of aromatic carboxylic acids is 1. The average Bonchev–Trinajstić information content (AvgIpc) is 2.30. The fourth-order valence-corrected chi connectivity index (χ4v) is 2.00. The Morgan fingerprint density at radius 2 is 2.05 bits per heavy atom. The van der Waals surface area contributed by atoms with Crippen LogP contribution < -0.4 is 11.1 Å². The summed E-state index contributed by atoms with van der Waals surface area (Å²) in [5, 5.41) is 11.6. The van der Waals surface area contributed by atoms with Crippen LogP contribution in [-0.2, 0) is 4.79 Å². The van der Waals surface area contributed by atoms with Crippen LogP contribution in [0.3, 0.4) is 0 Å². The van der Waals surface area contributed by atoms with E-state index in [2.05, 4.69) is 21.2 Å². The molecule has 0 saturated heterocycles. The summed E-state index contributed by atoms with van der Waals surface area (Å²) >= 11 is 3.19. The van der Waals surface area contributed by atoms with E-state index in [-0.39, 0.29) is 17.2 Å². The highest BCUT2D eigenvalue weighted by atomic mass is 79.9. The number of carboxylic acid groups (broad SMARTS) is 1. The van der Waals surface area contributed by atoms with Gasteiger partial charge in [-0.1, -0.05) is 29.8 Å². The quantitative estimate of drug-likeness (QED) is 0.774. The first kappa shape index (κ1) is 15.7. The molecule has 1 amide bonds. The number of hydrogen-bond acceptors (Lipinski definition) is 3. The predicted octanol–water partition coefficient (Wildman–Crippen LogP) is 2.46. The first-order valence-electron chi connectivity index (χ1n) is 5.90. The SMILES string of the molecule is CC(C)C[C@H](N)C(=O)Nc1ccc(Br)cc1C(=O)O. The molecule has 0 aliphatic heterocycles. The zero-order chi connectivity index (χ0) is 14.6. The number of hydrogen-bond donors (Lipinski definition) is 3. The van der Waals surface area contributed by atoms with Gasteiger partial charge in [0.1, 0.15) is 0 Å². The van der Waals surface area contributed by atoms with Crippen molar-refractivity contribution < 1.29 is 14.7 Å². The Morgan fingerprint density at radius 3 is 2.58 bits per heavy atom. The molecule has 5 nitrogen and oxygen atoms in total. The number of amides is 1. The van der Waals surface area contributed by atoms with Gasteiger partial charge in [0.2, 0.25) is 5.91 Å². The van der Waals surface area contributed by atoms with Crippen molar-refractivity contribution in [2.24, 2.45) is 11.7 Å². The highest BCUT2D eigenvalue weighted by Crippen LogP contribution is 2.21. The van der Waals surface area contributed by atoms with Crippen molar-refractivity contribution in [2.45, 2.75) is 26.3 Å². The van der Waals surface area contributed by atoms with Gasteiger partial charge < -0.3 is 16.2 Å². The molecule has 0 bridgehead atoms. The molecule has 0 spiro atoms. The van der Waals surface area contributed by atoms with Gasteiger partial charge in [-0.05, 0) is 30.5 Å². The van der Waals surface area contributed by atoms with E-state index in [1.54, 1.807) is 6.07 Å². The lowest BCUT2D eigenvalue weighted by molar-refractivity contribution is -0.117. The minimum Gasteiger partial charge on any atom is -0.478 e. The third-order valence-corrected chi connectivity index (χ3v) is 3.03. The molecule has 0 heterocycles. The van der Waals surface area contributed by atoms with Gasteiger partial charge in [0.15, 0.2) is 0 Å². The van der Waals surface area contributed by atoms with Crippen molar-refractivity contribution in [3.63, 3.8) is 0 Å². The maximum atomic E-state index is 11.9. The smallest absolute Gasteiger partial charge is 0.337 e. The maximum absolute atomic E-state index is 11.9. The Labute approximate surface area is 120 Å². The second-order valence-electron chi connectivity index (χ2n) is 4.72. The number of halogens is 1. The largest absolute Gasteiger partial charge is 0.478 e.